The zero-order valence-corrected chi connectivity index (χ0v) is 52.1. The van der Waals surface area contributed by atoms with Crippen LogP contribution in [0.4, 0.5) is 0 Å². The van der Waals surface area contributed by atoms with Crippen LogP contribution in [0.1, 0.15) is 201 Å². The Balaban J connectivity index is 1.36. The van der Waals surface area contributed by atoms with E-state index in [1.54, 1.807) is 6.08 Å². The van der Waals surface area contributed by atoms with Crippen molar-refractivity contribution in [3.05, 3.63) is 12.2 Å². The summed E-state index contributed by atoms with van der Waals surface area (Å²) in [6.07, 6.45) is 0.0598. The van der Waals surface area contributed by atoms with E-state index in [1.807, 2.05) is 6.08 Å². The molecular weight excluding hydrogens is 1140 g/mol. The zero-order chi connectivity index (χ0) is 63.7. The summed E-state index contributed by atoms with van der Waals surface area (Å²) in [5, 5.41) is 147. The fourth-order valence-electron chi connectivity index (χ4n) is 11.7. The highest BCUT2D eigenvalue weighted by molar-refractivity contribution is 5.76. The minimum absolute atomic E-state index is 0.217. The van der Waals surface area contributed by atoms with Gasteiger partial charge in [-0.15, -0.1) is 0 Å². The van der Waals surface area contributed by atoms with E-state index < -0.39 is 174 Å². The monoisotopic (exact) mass is 1250 g/mol. The second-order valence-corrected chi connectivity index (χ2v) is 24.3. The number of allylic oxidation sites excluding steroid dienone is 1. The quantitative estimate of drug-likeness (QED) is 0.0305. The van der Waals surface area contributed by atoms with Gasteiger partial charge in [-0.2, -0.15) is 0 Å². The van der Waals surface area contributed by atoms with Crippen LogP contribution in [0.2, 0.25) is 0 Å². The molecule has 25 heteroatoms. The van der Waals surface area contributed by atoms with Crippen molar-refractivity contribution < 1.29 is 114 Å². The third-order valence-electron chi connectivity index (χ3n) is 17.1. The van der Waals surface area contributed by atoms with Crippen LogP contribution in [0, 0.1) is 0 Å². The molecule has 0 aromatic rings. The molecule has 4 aliphatic rings. The molecule has 0 spiro atoms. The first-order valence-electron chi connectivity index (χ1n) is 32.9. The normalized spacial score (nSPS) is 33.8. The zero-order valence-electron chi connectivity index (χ0n) is 52.1. The smallest absolute Gasteiger partial charge is 0.220 e. The summed E-state index contributed by atoms with van der Waals surface area (Å²) in [6.45, 7) is 1.59. The van der Waals surface area contributed by atoms with E-state index in [0.717, 1.165) is 51.9 Å². The third kappa shape index (κ3) is 26.0. The van der Waals surface area contributed by atoms with E-state index in [1.165, 1.54) is 116 Å². The Morgan fingerprint density at radius 1 is 0.448 bits per heavy atom. The summed E-state index contributed by atoms with van der Waals surface area (Å²) in [4.78, 5) is 26.0. The number of hydrogen-bond acceptors (Lipinski definition) is 23. The molecule has 510 valence electrons. The maximum atomic E-state index is 13.4. The summed E-state index contributed by atoms with van der Waals surface area (Å²) in [7, 11) is 0. The van der Waals surface area contributed by atoms with Gasteiger partial charge in [0.05, 0.1) is 45.2 Å². The lowest BCUT2D eigenvalue weighted by atomic mass is 9.94. The highest BCUT2D eigenvalue weighted by Gasteiger charge is 2.56. The van der Waals surface area contributed by atoms with Gasteiger partial charge >= 0.3 is 0 Å². The number of ether oxygens (including phenoxy) is 8. The lowest BCUT2D eigenvalue weighted by Gasteiger charge is -2.50. The fourth-order valence-corrected chi connectivity index (χ4v) is 11.7. The van der Waals surface area contributed by atoms with Crippen LogP contribution < -0.4 is 10.6 Å². The van der Waals surface area contributed by atoms with E-state index in [9.17, 15) is 76.0 Å². The first-order valence-corrected chi connectivity index (χ1v) is 32.9. The Labute approximate surface area is 515 Å². The summed E-state index contributed by atoms with van der Waals surface area (Å²) in [5.41, 5.74) is 0. The predicted molar refractivity (Wildman–Crippen MR) is 317 cm³/mol. The average Bonchev–Trinajstić information content (AvgIpc) is 3.37. The minimum atomic E-state index is -2.10. The Bertz CT molecular complexity index is 1830. The highest BCUT2D eigenvalue weighted by atomic mass is 16.8. The Morgan fingerprint density at radius 3 is 1.30 bits per heavy atom. The Kier molecular flexibility index (Phi) is 38.8. The molecule has 0 saturated carbocycles. The third-order valence-corrected chi connectivity index (χ3v) is 17.1. The molecule has 15 N–H and O–H groups in total. The highest BCUT2D eigenvalue weighted by Crippen LogP contribution is 2.35. The van der Waals surface area contributed by atoms with E-state index in [4.69, 9.17) is 37.9 Å². The van der Waals surface area contributed by atoms with Gasteiger partial charge in [0.1, 0.15) is 97.6 Å². The molecule has 0 aliphatic carbocycles. The van der Waals surface area contributed by atoms with Crippen molar-refractivity contribution in [2.45, 2.75) is 335 Å². The second-order valence-electron chi connectivity index (χ2n) is 24.3. The van der Waals surface area contributed by atoms with Crippen LogP contribution in [0.5, 0.6) is 0 Å². The molecular formula is C62H114N2O23. The number of aliphatic hydroxyl groups is 13. The van der Waals surface area contributed by atoms with Crippen LogP contribution in [-0.2, 0) is 47.5 Å². The van der Waals surface area contributed by atoms with Gasteiger partial charge in [-0.1, -0.05) is 180 Å². The summed E-state index contributed by atoms with van der Waals surface area (Å²) >= 11 is 0. The lowest BCUT2D eigenvalue weighted by Crippen LogP contribution is -2.70. The van der Waals surface area contributed by atoms with E-state index in [2.05, 4.69) is 24.5 Å². The van der Waals surface area contributed by atoms with Gasteiger partial charge in [-0.3, -0.25) is 9.59 Å². The Morgan fingerprint density at radius 2 is 0.828 bits per heavy atom. The summed E-state index contributed by atoms with van der Waals surface area (Å²) < 4.78 is 46.7. The number of amides is 2. The molecule has 4 rings (SSSR count). The predicted octanol–water partition coefficient (Wildman–Crippen LogP) is 1.78. The van der Waals surface area contributed by atoms with Crippen molar-refractivity contribution in [1.82, 2.24) is 10.6 Å². The van der Waals surface area contributed by atoms with Gasteiger partial charge in [-0.05, 0) is 19.3 Å². The molecule has 0 bridgehead atoms. The number of unbranched alkanes of at least 4 members (excludes halogenated alkanes) is 25. The molecule has 4 fully saturated rings. The number of hydrogen-bond donors (Lipinski definition) is 15. The molecule has 87 heavy (non-hydrogen) atoms. The maximum Gasteiger partial charge on any atom is 0.220 e. The van der Waals surface area contributed by atoms with E-state index >= 15 is 0 Å². The molecule has 0 aromatic carbocycles. The second kappa shape index (κ2) is 43.6. The molecule has 0 radical (unpaired) electrons. The van der Waals surface area contributed by atoms with Crippen molar-refractivity contribution in [2.24, 2.45) is 0 Å². The number of rotatable bonds is 45. The average molecular weight is 1260 g/mol. The van der Waals surface area contributed by atoms with Crippen LogP contribution in [0.15, 0.2) is 12.2 Å². The van der Waals surface area contributed by atoms with Gasteiger partial charge in [0, 0.05) is 13.3 Å². The molecule has 22 atom stereocenters. The number of carbonyl (C=O) groups excluding carboxylic acids is 2. The van der Waals surface area contributed by atoms with Crippen molar-refractivity contribution in [3.8, 4) is 0 Å². The van der Waals surface area contributed by atoms with Gasteiger partial charge in [0.15, 0.2) is 25.2 Å². The van der Waals surface area contributed by atoms with Crippen molar-refractivity contribution in [2.75, 3.05) is 33.0 Å². The summed E-state index contributed by atoms with van der Waals surface area (Å²) in [6, 6.07) is -2.62. The molecule has 4 saturated heterocycles. The fraction of sp³-hybridized carbons (Fsp3) is 0.935. The van der Waals surface area contributed by atoms with Crippen LogP contribution in [0.3, 0.4) is 0 Å². The SMILES string of the molecule is CCCCCCCCCCCCCC=CC(O)C(COC1OC(CO)C(OC2OC(CO)C(OC3OC(CO)C(O)C(OC4OC(CO)C(O)C(O)C4O)C3NC(C)=O)C(O)C2O)C(O)C1O)NC(=O)CCCCCCCCCCCCCCCCC. The molecule has 25 nitrogen and oxygen atoms in total. The van der Waals surface area contributed by atoms with Gasteiger partial charge < -0.3 is 115 Å². The van der Waals surface area contributed by atoms with Crippen LogP contribution in [-0.4, -0.2) is 246 Å². The first kappa shape index (κ1) is 77.3. The molecule has 4 aliphatic heterocycles. The number of nitrogens with one attached hydrogen (secondary N) is 2. The Hall–Kier alpha value is -2.16. The maximum absolute atomic E-state index is 13.4. The number of aliphatic hydroxyl groups excluding tert-OH is 13. The van der Waals surface area contributed by atoms with Gasteiger partial charge in [-0.25, -0.2) is 0 Å². The number of carbonyl (C=O) groups is 2. The van der Waals surface area contributed by atoms with Crippen molar-refractivity contribution in [3.63, 3.8) is 0 Å². The minimum Gasteiger partial charge on any atom is -0.394 e. The van der Waals surface area contributed by atoms with Crippen molar-refractivity contribution >= 4 is 11.8 Å². The largest absolute Gasteiger partial charge is 0.394 e. The standard InChI is InChI=1S/C62H114N2O23/c1-4-6-8-10-12-14-16-18-19-21-23-25-27-29-31-33-46(71)64-40(41(70)32-30-28-26-24-22-20-17-15-13-11-9-7-5-2)38-80-60-54(78)51(75)57(44(36-67)83-60)86-62-55(79)52(76)56(45(37-68)84-62)85-59-47(63-39(3)69)58(49(73)43(35-66)81-59)87-61-53(77)50(74)48(72)42(34-65)82-61/h30,32,40-45,47-62,65-68,70,72-79H,4-29,31,33-38H2,1-3H3,(H,63,69)(H,64,71). The van der Waals surface area contributed by atoms with Crippen LogP contribution >= 0.6 is 0 Å². The molecule has 22 unspecified atom stereocenters. The molecule has 4 heterocycles. The van der Waals surface area contributed by atoms with Crippen molar-refractivity contribution in [1.29, 1.82) is 0 Å². The topological polar surface area (TPSA) is 395 Å². The molecule has 2 amide bonds. The van der Waals surface area contributed by atoms with Crippen LogP contribution in [0.25, 0.3) is 0 Å². The molecule has 0 aromatic heterocycles. The van der Waals surface area contributed by atoms with Gasteiger partial charge in [0.25, 0.3) is 0 Å². The first-order chi connectivity index (χ1) is 42.0. The van der Waals surface area contributed by atoms with E-state index in [-0.39, 0.29) is 12.3 Å². The van der Waals surface area contributed by atoms with Gasteiger partial charge in [0.2, 0.25) is 11.8 Å². The summed E-state index contributed by atoms with van der Waals surface area (Å²) in [5.74, 6) is -1.06. The van der Waals surface area contributed by atoms with E-state index in [0.29, 0.717) is 12.8 Å². The lowest BCUT2D eigenvalue weighted by molar-refractivity contribution is -0.380.